The van der Waals surface area contributed by atoms with Crippen molar-refractivity contribution in [1.82, 2.24) is 14.0 Å². The lowest BCUT2D eigenvalue weighted by atomic mass is 10.2. The second-order valence-corrected chi connectivity index (χ2v) is 7.84. The fourth-order valence-electron chi connectivity index (χ4n) is 3.68. The number of benzene rings is 1. The molecule has 0 N–H and O–H groups in total. The fourth-order valence-corrected chi connectivity index (χ4v) is 3.68. The number of ether oxygens (including phenoxy) is 1. The van der Waals surface area contributed by atoms with E-state index < -0.39 is 11.9 Å². The highest BCUT2D eigenvalue weighted by Crippen LogP contribution is 2.15. The Balaban J connectivity index is 2.03. The lowest BCUT2D eigenvalue weighted by Crippen LogP contribution is -2.33. The van der Waals surface area contributed by atoms with Crippen molar-refractivity contribution >= 4 is 34.6 Å². The Bertz CT molecular complexity index is 1550. The van der Waals surface area contributed by atoms with Crippen molar-refractivity contribution in [2.24, 2.45) is 4.99 Å². The van der Waals surface area contributed by atoms with Crippen LogP contribution in [0.1, 0.15) is 42.7 Å². The second-order valence-electron chi connectivity index (χ2n) is 7.84. The quantitative estimate of drug-likeness (QED) is 0.260. The predicted molar refractivity (Wildman–Crippen MR) is 129 cm³/mol. The Kier molecular flexibility index (Phi) is 6.49. The number of fused-ring (bicyclic) bond motifs is 2. The molecule has 0 saturated heterocycles. The van der Waals surface area contributed by atoms with Gasteiger partial charge in [0.05, 0.1) is 12.0 Å². The maximum Gasteiger partial charge on any atom is 0.341 e. The van der Waals surface area contributed by atoms with E-state index in [1.165, 1.54) is 16.5 Å². The van der Waals surface area contributed by atoms with Crippen molar-refractivity contribution in [2.75, 3.05) is 6.61 Å². The van der Waals surface area contributed by atoms with Gasteiger partial charge in [0.1, 0.15) is 16.9 Å². The van der Waals surface area contributed by atoms with E-state index in [-0.39, 0.29) is 34.6 Å². The highest BCUT2D eigenvalue weighted by Gasteiger charge is 2.20. The molecule has 0 fully saturated rings. The number of hydrogen-bond acceptors (Lipinski definition) is 5. The molecule has 0 unspecified atom stereocenters. The summed E-state index contributed by atoms with van der Waals surface area (Å²) in [6, 6.07) is 15.7. The molecule has 0 aliphatic carbocycles. The summed E-state index contributed by atoms with van der Waals surface area (Å²) in [7, 11) is 0. The van der Waals surface area contributed by atoms with Crippen molar-refractivity contribution in [3.8, 4) is 0 Å². The molecule has 1 amide bonds. The van der Waals surface area contributed by atoms with Gasteiger partial charge in [0.15, 0.2) is 5.49 Å². The van der Waals surface area contributed by atoms with Crippen molar-refractivity contribution in [1.29, 1.82) is 0 Å². The zero-order valence-corrected chi connectivity index (χ0v) is 19.1. The molecule has 0 radical (unpaired) electrons. The molecule has 8 heteroatoms. The SMILES string of the molecule is CCOC(=O)c1cc2c(=O)n3ccccc3nc2n(C(C)C)c1=NC(=O)/C=C/c1ccccc1. The van der Waals surface area contributed by atoms with Crippen molar-refractivity contribution in [2.45, 2.75) is 26.8 Å². The lowest BCUT2D eigenvalue weighted by molar-refractivity contribution is -0.113. The number of hydrogen-bond donors (Lipinski definition) is 0. The first-order valence-electron chi connectivity index (χ1n) is 11.0. The monoisotopic (exact) mass is 456 g/mol. The van der Waals surface area contributed by atoms with Crippen LogP contribution >= 0.6 is 0 Å². The first-order valence-corrected chi connectivity index (χ1v) is 11.0. The van der Waals surface area contributed by atoms with Crippen molar-refractivity contribution in [3.05, 3.63) is 93.8 Å². The Morgan fingerprint density at radius 3 is 2.56 bits per heavy atom. The summed E-state index contributed by atoms with van der Waals surface area (Å²) in [6.45, 7) is 5.55. The van der Waals surface area contributed by atoms with Gasteiger partial charge < -0.3 is 9.30 Å². The van der Waals surface area contributed by atoms with Crippen LogP contribution in [-0.2, 0) is 9.53 Å². The standard InChI is InChI=1S/C26H24N4O4/c1-4-34-26(33)20-16-19-23(27-21-12-8-9-15-29(21)25(19)32)30(17(2)3)24(20)28-22(31)14-13-18-10-6-5-7-11-18/h5-17H,4H2,1-3H3/b14-13+,28-24?. The lowest BCUT2D eigenvalue weighted by Gasteiger charge is -2.17. The van der Waals surface area contributed by atoms with Crippen molar-refractivity contribution in [3.63, 3.8) is 0 Å². The third-order valence-corrected chi connectivity index (χ3v) is 5.18. The number of aromatic nitrogens is 3. The Hall–Kier alpha value is -4.33. The molecular formula is C26H24N4O4. The molecule has 0 saturated carbocycles. The van der Waals surface area contributed by atoms with E-state index in [0.717, 1.165) is 5.56 Å². The first kappa shape index (κ1) is 22.8. The normalized spacial score (nSPS) is 12.2. The third kappa shape index (κ3) is 4.43. The van der Waals surface area contributed by atoms with E-state index in [9.17, 15) is 14.4 Å². The average Bonchev–Trinajstić information content (AvgIpc) is 2.83. The van der Waals surface area contributed by atoms with Crippen LogP contribution in [0.25, 0.3) is 22.8 Å². The molecule has 3 aromatic heterocycles. The molecule has 4 aromatic rings. The Morgan fingerprint density at radius 1 is 1.12 bits per heavy atom. The van der Waals surface area contributed by atoms with E-state index >= 15 is 0 Å². The maximum atomic E-state index is 13.2. The Labute approximate surface area is 195 Å². The van der Waals surface area contributed by atoms with Crippen LogP contribution in [0.4, 0.5) is 0 Å². The maximum absolute atomic E-state index is 13.2. The number of amides is 1. The number of carbonyl (C=O) groups is 2. The van der Waals surface area contributed by atoms with E-state index in [1.54, 1.807) is 42.0 Å². The summed E-state index contributed by atoms with van der Waals surface area (Å²) in [5, 5.41) is 0.228. The van der Waals surface area contributed by atoms with Gasteiger partial charge in [-0.2, -0.15) is 4.99 Å². The summed E-state index contributed by atoms with van der Waals surface area (Å²) in [6.07, 6.45) is 4.60. The summed E-state index contributed by atoms with van der Waals surface area (Å²) in [5.74, 6) is -1.23. The van der Waals surface area contributed by atoms with Gasteiger partial charge in [-0.25, -0.2) is 9.78 Å². The first-order chi connectivity index (χ1) is 16.4. The van der Waals surface area contributed by atoms with Gasteiger partial charge >= 0.3 is 5.97 Å². The smallest absolute Gasteiger partial charge is 0.341 e. The minimum absolute atomic E-state index is 0.0271. The van der Waals surface area contributed by atoms with Crippen LogP contribution in [0.3, 0.4) is 0 Å². The van der Waals surface area contributed by atoms with Crippen LogP contribution in [0.5, 0.6) is 0 Å². The number of carbonyl (C=O) groups excluding carboxylic acids is 2. The van der Waals surface area contributed by atoms with Crippen molar-refractivity contribution < 1.29 is 14.3 Å². The van der Waals surface area contributed by atoms with Gasteiger partial charge in [0.2, 0.25) is 0 Å². The van der Waals surface area contributed by atoms with E-state index in [2.05, 4.69) is 9.98 Å². The highest BCUT2D eigenvalue weighted by atomic mass is 16.5. The molecule has 3 heterocycles. The van der Waals surface area contributed by atoms with Gasteiger partial charge in [-0.15, -0.1) is 0 Å². The molecule has 0 aliphatic rings. The molecule has 0 atom stereocenters. The molecule has 0 spiro atoms. The van der Waals surface area contributed by atoms with Gasteiger partial charge in [-0.1, -0.05) is 36.4 Å². The van der Waals surface area contributed by atoms with E-state index in [4.69, 9.17) is 4.74 Å². The van der Waals surface area contributed by atoms with Gasteiger partial charge in [-0.3, -0.25) is 14.0 Å². The van der Waals surface area contributed by atoms with Gasteiger partial charge in [0.25, 0.3) is 11.5 Å². The van der Waals surface area contributed by atoms with E-state index in [1.807, 2.05) is 44.2 Å². The van der Waals surface area contributed by atoms with Crippen LogP contribution < -0.4 is 11.0 Å². The predicted octanol–water partition coefficient (Wildman–Crippen LogP) is 3.55. The number of esters is 1. The molecule has 0 aliphatic heterocycles. The summed E-state index contributed by atoms with van der Waals surface area (Å²) in [4.78, 5) is 47.8. The Morgan fingerprint density at radius 2 is 1.85 bits per heavy atom. The molecule has 34 heavy (non-hydrogen) atoms. The van der Waals surface area contributed by atoms with Gasteiger partial charge in [-0.05, 0) is 50.6 Å². The van der Waals surface area contributed by atoms with E-state index in [0.29, 0.717) is 11.3 Å². The molecule has 1 aromatic carbocycles. The van der Waals surface area contributed by atoms with Crippen LogP contribution in [0.15, 0.2) is 76.7 Å². The minimum Gasteiger partial charge on any atom is -0.462 e. The number of pyridine rings is 2. The minimum atomic E-state index is -0.671. The van der Waals surface area contributed by atoms with Crippen LogP contribution in [0.2, 0.25) is 0 Å². The molecule has 172 valence electrons. The fraction of sp³-hybridized carbons (Fsp3) is 0.192. The number of rotatable bonds is 5. The zero-order valence-electron chi connectivity index (χ0n) is 19.1. The summed E-state index contributed by atoms with van der Waals surface area (Å²) in [5.41, 5.74) is 1.41. The molecular weight excluding hydrogens is 432 g/mol. The van der Waals surface area contributed by atoms with Gasteiger partial charge in [0, 0.05) is 18.3 Å². The largest absolute Gasteiger partial charge is 0.462 e. The average molecular weight is 457 g/mol. The third-order valence-electron chi connectivity index (χ3n) is 5.18. The van der Waals surface area contributed by atoms with Crippen LogP contribution in [-0.4, -0.2) is 32.4 Å². The molecule has 0 bridgehead atoms. The molecule has 4 rings (SSSR count). The summed E-state index contributed by atoms with van der Waals surface area (Å²) < 4.78 is 8.26. The molecule has 8 nitrogen and oxygen atoms in total. The number of nitrogens with zero attached hydrogens (tertiary/aromatic N) is 4. The summed E-state index contributed by atoms with van der Waals surface area (Å²) >= 11 is 0. The second kappa shape index (κ2) is 9.66. The highest BCUT2D eigenvalue weighted by molar-refractivity contribution is 5.96. The van der Waals surface area contributed by atoms with Crippen LogP contribution in [0, 0.1) is 0 Å². The zero-order chi connectivity index (χ0) is 24.2. The topological polar surface area (TPSA) is 95.0 Å².